The Morgan fingerprint density at radius 2 is 1.38 bits per heavy atom. The van der Waals surface area contributed by atoms with E-state index in [2.05, 4.69) is 54.1 Å². The first-order chi connectivity index (χ1) is 17.8. The van der Waals surface area contributed by atoms with E-state index in [-0.39, 0.29) is 12.1 Å². The fraction of sp³-hybridized carbons (Fsp3) is 0.194. The van der Waals surface area contributed by atoms with Crippen LogP contribution < -0.4 is 5.32 Å². The molecule has 5 rings (SSSR count). The van der Waals surface area contributed by atoms with E-state index in [9.17, 15) is 13.2 Å². The Labute approximate surface area is 214 Å². The van der Waals surface area contributed by atoms with Gasteiger partial charge in [-0.1, -0.05) is 72.8 Å². The number of nitrogens with one attached hydrogen (secondary N) is 1. The van der Waals surface area contributed by atoms with Gasteiger partial charge in [0.25, 0.3) is 0 Å². The van der Waals surface area contributed by atoms with E-state index in [4.69, 9.17) is 4.98 Å². The molecule has 0 spiro atoms. The third-order valence-corrected chi connectivity index (χ3v) is 6.50. The predicted octanol–water partition coefficient (Wildman–Crippen LogP) is 8.43. The minimum absolute atomic E-state index is 0.0260. The lowest BCUT2D eigenvalue weighted by Crippen LogP contribution is -2.12. The molecule has 0 bridgehead atoms. The van der Waals surface area contributed by atoms with Gasteiger partial charge in [-0.15, -0.1) is 0 Å². The Bertz CT molecular complexity index is 1430. The first kappa shape index (κ1) is 24.6. The third kappa shape index (κ3) is 5.38. The van der Waals surface area contributed by atoms with Crippen molar-refractivity contribution >= 4 is 16.7 Å². The van der Waals surface area contributed by atoms with Crippen LogP contribution in [0.15, 0.2) is 103 Å². The molecule has 5 aromatic rings. The van der Waals surface area contributed by atoms with Crippen LogP contribution in [0.5, 0.6) is 0 Å². The van der Waals surface area contributed by atoms with Crippen molar-refractivity contribution in [1.82, 2.24) is 9.55 Å². The molecule has 3 nitrogen and oxygen atoms in total. The maximum atomic E-state index is 13.0. The van der Waals surface area contributed by atoms with E-state index in [1.54, 1.807) is 0 Å². The number of halogens is 3. The third-order valence-electron chi connectivity index (χ3n) is 6.50. The van der Waals surface area contributed by atoms with Crippen molar-refractivity contribution in [3.8, 4) is 0 Å². The number of benzene rings is 4. The Hall–Kier alpha value is -4.06. The van der Waals surface area contributed by atoms with E-state index in [1.807, 2.05) is 48.5 Å². The minimum atomic E-state index is -4.34. The van der Waals surface area contributed by atoms with Crippen LogP contribution in [-0.4, -0.2) is 9.55 Å². The Morgan fingerprint density at radius 1 is 0.784 bits per heavy atom. The molecule has 0 saturated heterocycles. The monoisotopic (exact) mass is 499 g/mol. The zero-order valence-electron chi connectivity index (χ0n) is 20.7. The van der Waals surface area contributed by atoms with E-state index >= 15 is 0 Å². The first-order valence-electron chi connectivity index (χ1n) is 12.3. The summed E-state index contributed by atoms with van der Waals surface area (Å²) in [6.07, 6.45) is -3.89. The molecular formula is C31H28F3N3. The van der Waals surface area contributed by atoms with Crippen LogP contribution in [0.1, 0.15) is 54.0 Å². The van der Waals surface area contributed by atoms with Crippen LogP contribution in [0.3, 0.4) is 0 Å². The van der Waals surface area contributed by atoms with Crippen molar-refractivity contribution in [3.05, 3.63) is 131 Å². The van der Waals surface area contributed by atoms with Gasteiger partial charge in [-0.2, -0.15) is 13.2 Å². The van der Waals surface area contributed by atoms with Gasteiger partial charge in [0.05, 0.1) is 22.6 Å². The summed E-state index contributed by atoms with van der Waals surface area (Å²) in [6.45, 7) is 4.18. The van der Waals surface area contributed by atoms with Crippen LogP contribution in [0.25, 0.3) is 11.0 Å². The average Bonchev–Trinajstić information content (AvgIpc) is 3.25. The van der Waals surface area contributed by atoms with Gasteiger partial charge in [0.15, 0.2) is 0 Å². The molecular weight excluding hydrogens is 471 g/mol. The average molecular weight is 500 g/mol. The van der Waals surface area contributed by atoms with Crippen molar-refractivity contribution < 1.29 is 13.2 Å². The summed E-state index contributed by atoms with van der Waals surface area (Å²) in [7, 11) is 0. The molecule has 37 heavy (non-hydrogen) atoms. The van der Waals surface area contributed by atoms with Gasteiger partial charge in [0, 0.05) is 18.2 Å². The van der Waals surface area contributed by atoms with Crippen molar-refractivity contribution in [3.63, 3.8) is 0 Å². The zero-order valence-corrected chi connectivity index (χ0v) is 20.7. The largest absolute Gasteiger partial charge is 0.416 e. The topological polar surface area (TPSA) is 29.9 Å². The summed E-state index contributed by atoms with van der Waals surface area (Å²) in [5, 5.41) is 3.70. The first-order valence-corrected chi connectivity index (χ1v) is 12.3. The van der Waals surface area contributed by atoms with Crippen molar-refractivity contribution in [1.29, 1.82) is 0 Å². The van der Waals surface area contributed by atoms with Crippen LogP contribution in [0, 0.1) is 0 Å². The number of aromatic nitrogens is 2. The molecule has 0 aliphatic carbocycles. The molecule has 0 amide bonds. The lowest BCUT2D eigenvalue weighted by atomic mass is 9.98. The van der Waals surface area contributed by atoms with Crippen LogP contribution in [0.4, 0.5) is 18.9 Å². The smallest absolute Gasteiger partial charge is 0.374 e. The predicted molar refractivity (Wildman–Crippen MR) is 143 cm³/mol. The number of alkyl halides is 3. The molecule has 0 unspecified atom stereocenters. The van der Waals surface area contributed by atoms with E-state index < -0.39 is 11.7 Å². The highest BCUT2D eigenvalue weighted by molar-refractivity contribution is 5.81. The van der Waals surface area contributed by atoms with Gasteiger partial charge >= 0.3 is 6.18 Å². The standard InChI is InChI=1S/C31H28F3N3/c1-21(2)37-28-20-26(35-30(23-9-5-3-6-10-23)24-11-7-4-8-12-24)17-18-27(28)36-29(37)19-22-13-15-25(16-14-22)31(32,33)34/h3-18,20-21,30,35H,19H2,1-2H3. The summed E-state index contributed by atoms with van der Waals surface area (Å²) in [5.41, 5.74) is 5.28. The van der Waals surface area contributed by atoms with E-state index in [1.165, 1.54) is 12.1 Å². The molecule has 0 aliphatic rings. The normalized spacial score (nSPS) is 12.0. The molecule has 0 aliphatic heterocycles. The second-order valence-electron chi connectivity index (χ2n) is 9.47. The summed E-state index contributed by atoms with van der Waals surface area (Å²) in [6, 6.07) is 32.2. The SMILES string of the molecule is CC(C)n1c(Cc2ccc(C(F)(F)F)cc2)nc2ccc(NC(c3ccccc3)c3ccccc3)cc21. The minimum Gasteiger partial charge on any atom is -0.374 e. The van der Waals surface area contributed by atoms with Gasteiger partial charge in [0.1, 0.15) is 5.82 Å². The van der Waals surface area contributed by atoms with Gasteiger partial charge in [0.2, 0.25) is 0 Å². The van der Waals surface area contributed by atoms with E-state index in [0.717, 1.165) is 51.4 Å². The number of nitrogens with zero attached hydrogens (tertiary/aromatic N) is 2. The fourth-order valence-corrected chi connectivity index (χ4v) is 4.74. The Morgan fingerprint density at radius 3 is 1.92 bits per heavy atom. The maximum absolute atomic E-state index is 13.0. The number of hydrogen-bond acceptors (Lipinski definition) is 2. The highest BCUT2D eigenvalue weighted by atomic mass is 19.4. The number of rotatable bonds is 7. The molecule has 188 valence electrons. The molecule has 0 saturated carbocycles. The molecule has 0 fully saturated rings. The molecule has 1 aromatic heterocycles. The summed E-state index contributed by atoms with van der Waals surface area (Å²) in [4.78, 5) is 4.85. The second kappa shape index (κ2) is 10.1. The van der Waals surface area contributed by atoms with Crippen molar-refractivity contribution in [2.75, 3.05) is 5.32 Å². The van der Waals surface area contributed by atoms with Crippen LogP contribution >= 0.6 is 0 Å². The highest BCUT2D eigenvalue weighted by Crippen LogP contribution is 2.32. The van der Waals surface area contributed by atoms with Gasteiger partial charge < -0.3 is 9.88 Å². The molecule has 6 heteroatoms. The molecule has 4 aromatic carbocycles. The highest BCUT2D eigenvalue weighted by Gasteiger charge is 2.30. The Balaban J connectivity index is 1.49. The van der Waals surface area contributed by atoms with Gasteiger partial charge in [-0.05, 0) is 60.9 Å². The van der Waals surface area contributed by atoms with Gasteiger partial charge in [-0.3, -0.25) is 0 Å². The zero-order chi connectivity index (χ0) is 26.0. The van der Waals surface area contributed by atoms with Crippen molar-refractivity contribution in [2.24, 2.45) is 0 Å². The number of imidazole rings is 1. The van der Waals surface area contributed by atoms with Crippen LogP contribution in [-0.2, 0) is 12.6 Å². The lowest BCUT2D eigenvalue weighted by molar-refractivity contribution is -0.137. The van der Waals surface area contributed by atoms with Gasteiger partial charge in [-0.25, -0.2) is 4.98 Å². The second-order valence-corrected chi connectivity index (χ2v) is 9.47. The van der Waals surface area contributed by atoms with E-state index in [0.29, 0.717) is 6.42 Å². The number of hydrogen-bond donors (Lipinski definition) is 1. The Kier molecular flexibility index (Phi) is 6.74. The quantitative estimate of drug-likeness (QED) is 0.244. The van der Waals surface area contributed by atoms with Crippen LogP contribution in [0.2, 0.25) is 0 Å². The lowest BCUT2D eigenvalue weighted by Gasteiger charge is -2.21. The molecule has 0 atom stereocenters. The molecule has 1 heterocycles. The summed E-state index contributed by atoms with van der Waals surface area (Å²) in [5.74, 6) is 0.824. The fourth-order valence-electron chi connectivity index (χ4n) is 4.74. The molecule has 1 N–H and O–H groups in total. The summed E-state index contributed by atoms with van der Waals surface area (Å²) >= 11 is 0. The number of fused-ring (bicyclic) bond motifs is 1. The molecule has 0 radical (unpaired) electrons. The van der Waals surface area contributed by atoms with Crippen molar-refractivity contribution in [2.45, 2.75) is 38.5 Å². The maximum Gasteiger partial charge on any atom is 0.416 e. The summed E-state index contributed by atoms with van der Waals surface area (Å²) < 4.78 is 41.1. The number of anilines is 1.